The van der Waals surface area contributed by atoms with Crippen LogP contribution < -0.4 is 20.3 Å². The van der Waals surface area contributed by atoms with E-state index in [0.29, 0.717) is 31.0 Å². The Bertz CT molecular complexity index is 919. The van der Waals surface area contributed by atoms with Crippen molar-refractivity contribution in [3.63, 3.8) is 0 Å². The smallest absolute Gasteiger partial charge is 0.227 e. The number of aryl methyl sites for hydroxylation is 1. The van der Waals surface area contributed by atoms with Gasteiger partial charge in [0.25, 0.3) is 0 Å². The van der Waals surface area contributed by atoms with Crippen molar-refractivity contribution in [3.8, 4) is 5.75 Å². The van der Waals surface area contributed by atoms with Crippen molar-refractivity contribution in [2.24, 2.45) is 5.92 Å². The number of rotatable bonds is 6. The molecule has 3 atom stereocenters. The first-order chi connectivity index (χ1) is 15.0. The van der Waals surface area contributed by atoms with Gasteiger partial charge in [-0.05, 0) is 48.4 Å². The van der Waals surface area contributed by atoms with Gasteiger partial charge < -0.3 is 20.3 Å². The zero-order chi connectivity index (χ0) is 22.0. The van der Waals surface area contributed by atoms with Gasteiger partial charge in [-0.1, -0.05) is 44.2 Å². The van der Waals surface area contributed by atoms with E-state index < -0.39 is 0 Å². The number of carbonyl (C=O) groups excluding carboxylic acids is 1. The van der Waals surface area contributed by atoms with Gasteiger partial charge in [-0.25, -0.2) is 0 Å². The molecule has 0 radical (unpaired) electrons. The molecule has 1 fully saturated rings. The maximum absolute atomic E-state index is 12.2. The average molecular weight is 458 g/mol. The molecule has 2 heterocycles. The second-order valence-corrected chi connectivity index (χ2v) is 9.22. The number of methoxy groups -OCH3 is 1. The molecule has 1 amide bonds. The highest BCUT2D eigenvalue weighted by atomic mass is 35.5. The Kier molecular flexibility index (Phi) is 8.21. The van der Waals surface area contributed by atoms with Crippen LogP contribution in [0, 0.1) is 5.92 Å². The molecule has 2 aliphatic heterocycles. The molecule has 2 aliphatic rings. The van der Waals surface area contributed by atoms with E-state index in [1.165, 1.54) is 11.1 Å². The largest absolute Gasteiger partial charge is 0.496 e. The van der Waals surface area contributed by atoms with Gasteiger partial charge >= 0.3 is 0 Å². The molecule has 174 valence electrons. The Morgan fingerprint density at radius 3 is 2.59 bits per heavy atom. The first kappa shape index (κ1) is 24.6. The first-order valence-corrected chi connectivity index (χ1v) is 11.5. The summed E-state index contributed by atoms with van der Waals surface area (Å²) in [6.45, 7) is 5.30. The number of carbonyl (C=O) groups is 1. The number of hydrogen-bond acceptors (Lipinski definition) is 4. The molecule has 2 N–H and O–H groups in total. The average Bonchev–Trinajstić information content (AvgIpc) is 2.80. The summed E-state index contributed by atoms with van der Waals surface area (Å²) >= 11 is 0. The van der Waals surface area contributed by atoms with E-state index in [9.17, 15) is 4.79 Å². The molecular weight excluding hydrogens is 422 g/mol. The monoisotopic (exact) mass is 457 g/mol. The Balaban J connectivity index is 0.00000289. The van der Waals surface area contributed by atoms with Crippen molar-refractivity contribution in [3.05, 3.63) is 59.2 Å². The lowest BCUT2D eigenvalue weighted by molar-refractivity contribution is -0.118. The third-order valence-corrected chi connectivity index (χ3v) is 6.93. The molecule has 0 bridgehead atoms. The minimum atomic E-state index is 0. The zero-order valence-corrected chi connectivity index (χ0v) is 20.4. The van der Waals surface area contributed by atoms with E-state index in [-0.39, 0.29) is 24.4 Å². The standard InChI is InChI=1S/C26H35N3O2.ClH/c1-17(2)21-11-12-22(26(28-21)18-8-6-5-7-9-18)27-16-20-14-23-19(15-24(20)31-4)10-13-25(30)29(23)3;/h5-9,14-15,17,21-22,26-28H,10-13,16H2,1-4H3;1H/t21-,22-,26-;/m0./s1. The third kappa shape index (κ3) is 5.11. The molecule has 2 aromatic rings. The van der Waals surface area contributed by atoms with E-state index in [1.54, 1.807) is 12.0 Å². The molecule has 0 saturated carbocycles. The van der Waals surface area contributed by atoms with E-state index >= 15 is 0 Å². The van der Waals surface area contributed by atoms with Crippen molar-refractivity contribution >= 4 is 24.0 Å². The fraction of sp³-hybridized carbons (Fsp3) is 0.500. The van der Waals surface area contributed by atoms with Crippen LogP contribution in [0.5, 0.6) is 5.75 Å². The molecule has 0 unspecified atom stereocenters. The summed E-state index contributed by atoms with van der Waals surface area (Å²) in [5.41, 5.74) is 4.62. The fourth-order valence-electron chi connectivity index (χ4n) is 4.97. The topological polar surface area (TPSA) is 53.6 Å². The van der Waals surface area contributed by atoms with Crippen LogP contribution >= 0.6 is 12.4 Å². The minimum absolute atomic E-state index is 0. The lowest BCUT2D eigenvalue weighted by Gasteiger charge is -2.40. The molecule has 0 aliphatic carbocycles. The summed E-state index contributed by atoms with van der Waals surface area (Å²) in [5.74, 6) is 1.69. The molecule has 2 aromatic carbocycles. The highest BCUT2D eigenvalue weighted by molar-refractivity contribution is 5.96. The van der Waals surface area contributed by atoms with Gasteiger partial charge in [0.05, 0.1) is 7.11 Å². The van der Waals surface area contributed by atoms with Gasteiger partial charge in [0.15, 0.2) is 0 Å². The lowest BCUT2D eigenvalue weighted by atomic mass is 9.85. The van der Waals surface area contributed by atoms with Gasteiger partial charge in [-0.15, -0.1) is 12.4 Å². The van der Waals surface area contributed by atoms with Crippen molar-refractivity contribution in [2.75, 3.05) is 19.1 Å². The van der Waals surface area contributed by atoms with Crippen molar-refractivity contribution < 1.29 is 9.53 Å². The highest BCUT2D eigenvalue weighted by Crippen LogP contribution is 2.34. The highest BCUT2D eigenvalue weighted by Gasteiger charge is 2.32. The molecule has 1 saturated heterocycles. The van der Waals surface area contributed by atoms with Crippen LogP contribution in [0.25, 0.3) is 0 Å². The summed E-state index contributed by atoms with van der Waals surface area (Å²) in [5, 5.41) is 7.71. The van der Waals surface area contributed by atoms with E-state index in [1.807, 2.05) is 7.05 Å². The Labute approximate surface area is 198 Å². The van der Waals surface area contributed by atoms with Crippen LogP contribution in [0.1, 0.15) is 55.8 Å². The number of piperidine rings is 1. The molecule has 4 rings (SSSR count). The number of anilines is 1. The molecule has 6 heteroatoms. The third-order valence-electron chi connectivity index (χ3n) is 6.93. The summed E-state index contributed by atoms with van der Waals surface area (Å²) in [6.07, 6.45) is 3.63. The predicted molar refractivity (Wildman–Crippen MR) is 133 cm³/mol. The zero-order valence-electron chi connectivity index (χ0n) is 19.6. The minimum Gasteiger partial charge on any atom is -0.496 e. The van der Waals surface area contributed by atoms with E-state index in [2.05, 4.69) is 66.9 Å². The van der Waals surface area contributed by atoms with Crippen LogP contribution in [-0.4, -0.2) is 32.1 Å². The normalized spacial score (nSPS) is 23.0. The fourth-order valence-corrected chi connectivity index (χ4v) is 4.97. The molecule has 32 heavy (non-hydrogen) atoms. The van der Waals surface area contributed by atoms with Gasteiger partial charge in [0.1, 0.15) is 5.75 Å². The number of ether oxygens (including phenoxy) is 1. The number of benzene rings is 2. The molecule has 0 aromatic heterocycles. The number of amides is 1. The van der Waals surface area contributed by atoms with Gasteiger partial charge in [0.2, 0.25) is 5.91 Å². The van der Waals surface area contributed by atoms with Crippen molar-refractivity contribution in [1.29, 1.82) is 0 Å². The second-order valence-electron chi connectivity index (χ2n) is 9.22. The van der Waals surface area contributed by atoms with Crippen LogP contribution in [0.15, 0.2) is 42.5 Å². The molecule has 5 nitrogen and oxygen atoms in total. The van der Waals surface area contributed by atoms with Gasteiger partial charge in [-0.3, -0.25) is 4.79 Å². The summed E-state index contributed by atoms with van der Waals surface area (Å²) in [4.78, 5) is 14.0. The van der Waals surface area contributed by atoms with Crippen LogP contribution in [0.3, 0.4) is 0 Å². The van der Waals surface area contributed by atoms with Crippen molar-refractivity contribution in [1.82, 2.24) is 10.6 Å². The van der Waals surface area contributed by atoms with Gasteiger partial charge in [-0.2, -0.15) is 0 Å². The van der Waals surface area contributed by atoms with Crippen LogP contribution in [0.4, 0.5) is 5.69 Å². The van der Waals surface area contributed by atoms with E-state index in [4.69, 9.17) is 4.74 Å². The Hall–Kier alpha value is -2.08. The molecular formula is C26H36ClN3O2. The Morgan fingerprint density at radius 1 is 1.16 bits per heavy atom. The maximum Gasteiger partial charge on any atom is 0.227 e. The molecule has 0 spiro atoms. The SMILES string of the molecule is COc1cc2c(cc1CN[C@H]1CC[C@@H](C(C)C)N[C@H]1c1ccccc1)N(C)C(=O)CC2.Cl. The Morgan fingerprint density at radius 2 is 1.91 bits per heavy atom. The lowest BCUT2D eigenvalue weighted by Crippen LogP contribution is -2.51. The first-order valence-electron chi connectivity index (χ1n) is 11.5. The maximum atomic E-state index is 12.2. The van der Waals surface area contributed by atoms with Crippen LogP contribution in [0.2, 0.25) is 0 Å². The number of nitrogens with zero attached hydrogens (tertiary/aromatic N) is 1. The number of fused-ring (bicyclic) bond motifs is 1. The van der Waals surface area contributed by atoms with Gasteiger partial charge in [0, 0.05) is 49.4 Å². The summed E-state index contributed by atoms with van der Waals surface area (Å²) in [7, 11) is 3.59. The predicted octanol–water partition coefficient (Wildman–Crippen LogP) is 4.63. The number of halogens is 1. The van der Waals surface area contributed by atoms with Crippen LogP contribution in [-0.2, 0) is 17.8 Å². The quantitative estimate of drug-likeness (QED) is 0.663. The summed E-state index contributed by atoms with van der Waals surface area (Å²) < 4.78 is 5.71. The van der Waals surface area contributed by atoms with E-state index in [0.717, 1.165) is 36.3 Å². The number of hydrogen-bond donors (Lipinski definition) is 2. The second kappa shape index (κ2) is 10.7. The summed E-state index contributed by atoms with van der Waals surface area (Å²) in [6, 6.07) is 16.1. The number of nitrogens with one attached hydrogen (secondary N) is 2. The van der Waals surface area contributed by atoms with Crippen molar-refractivity contribution in [2.45, 2.75) is 64.2 Å².